The fourth-order valence-corrected chi connectivity index (χ4v) is 1.16. The van der Waals surface area contributed by atoms with Crippen LogP contribution in [0.4, 0.5) is 5.69 Å². The van der Waals surface area contributed by atoms with Gasteiger partial charge in [0.25, 0.3) is 0 Å². The number of carbonyl (C=O) groups excluding carboxylic acids is 1. The zero-order valence-electron chi connectivity index (χ0n) is 8.73. The van der Waals surface area contributed by atoms with Crippen LogP contribution in [0.3, 0.4) is 0 Å². The van der Waals surface area contributed by atoms with E-state index in [9.17, 15) is 4.79 Å². The minimum absolute atomic E-state index is 0.636. The summed E-state index contributed by atoms with van der Waals surface area (Å²) in [5, 5.41) is 3.07. The number of hydrogen-bond donors (Lipinski definition) is 1. The van der Waals surface area contributed by atoms with Crippen molar-refractivity contribution in [3.05, 3.63) is 35.9 Å². The van der Waals surface area contributed by atoms with Gasteiger partial charge in [-0.05, 0) is 37.7 Å². The first kappa shape index (κ1) is 11.4. The minimum Gasteiger partial charge on any atom is -0.319 e. The monoisotopic (exact) mass is 202 g/mol. The van der Waals surface area contributed by atoms with E-state index in [2.05, 4.69) is 16.4 Å². The van der Waals surface area contributed by atoms with E-state index in [1.807, 2.05) is 25.3 Å². The lowest BCUT2D eigenvalue weighted by Crippen LogP contribution is -2.05. The number of hydrogen-bond acceptors (Lipinski definition) is 3. The van der Waals surface area contributed by atoms with Gasteiger partial charge < -0.3 is 5.32 Å². The van der Waals surface area contributed by atoms with Crippen molar-refractivity contribution in [3.8, 4) is 0 Å². The first-order valence-electron chi connectivity index (χ1n) is 4.86. The number of nitrogens with one attached hydrogen (secondary N) is 1. The summed E-state index contributed by atoms with van der Waals surface area (Å²) in [4.78, 5) is 13.5. The Hall–Kier alpha value is -1.70. The summed E-state index contributed by atoms with van der Waals surface area (Å²) >= 11 is 0. The van der Waals surface area contributed by atoms with Crippen molar-refractivity contribution in [2.45, 2.75) is 6.42 Å². The molecule has 0 bridgehead atoms. The van der Waals surface area contributed by atoms with Crippen molar-refractivity contribution in [2.75, 3.05) is 13.6 Å². The number of benzene rings is 1. The fourth-order valence-electron chi connectivity index (χ4n) is 1.16. The molecule has 0 aromatic heterocycles. The second-order valence-corrected chi connectivity index (χ2v) is 3.09. The van der Waals surface area contributed by atoms with Crippen LogP contribution in [-0.2, 0) is 4.79 Å². The van der Waals surface area contributed by atoms with Crippen molar-refractivity contribution >= 4 is 17.8 Å². The van der Waals surface area contributed by atoms with E-state index in [1.165, 1.54) is 6.08 Å². The number of nitrogens with zero attached hydrogens (tertiary/aromatic N) is 1. The highest BCUT2D eigenvalue weighted by Crippen LogP contribution is 2.13. The summed E-state index contributed by atoms with van der Waals surface area (Å²) in [5.74, 6) is 0. The van der Waals surface area contributed by atoms with E-state index in [4.69, 9.17) is 0 Å². The molecule has 1 aromatic carbocycles. The van der Waals surface area contributed by atoms with Crippen molar-refractivity contribution in [1.82, 2.24) is 5.32 Å². The summed E-state index contributed by atoms with van der Waals surface area (Å²) in [6.45, 7) is 0.976. The van der Waals surface area contributed by atoms with Crippen LogP contribution in [0.1, 0.15) is 12.0 Å². The molecule has 0 heterocycles. The van der Waals surface area contributed by atoms with Crippen molar-refractivity contribution in [1.29, 1.82) is 0 Å². The Balaban J connectivity index is 2.56. The maximum Gasteiger partial charge on any atom is 0.240 e. The van der Waals surface area contributed by atoms with Crippen molar-refractivity contribution in [3.63, 3.8) is 0 Å². The van der Waals surface area contributed by atoms with Gasteiger partial charge in [-0.15, -0.1) is 0 Å². The first-order valence-corrected chi connectivity index (χ1v) is 4.86. The van der Waals surface area contributed by atoms with E-state index in [0.29, 0.717) is 5.69 Å². The molecule has 0 aliphatic rings. The van der Waals surface area contributed by atoms with E-state index in [0.717, 1.165) is 18.5 Å². The van der Waals surface area contributed by atoms with Gasteiger partial charge in [0.05, 0.1) is 5.69 Å². The molecule has 0 aliphatic heterocycles. The molecule has 1 N–H and O–H groups in total. The molecule has 3 nitrogen and oxygen atoms in total. The summed E-state index contributed by atoms with van der Waals surface area (Å²) in [6, 6.07) is 7.43. The Morgan fingerprint density at radius 3 is 2.73 bits per heavy atom. The Morgan fingerprint density at radius 1 is 1.40 bits per heavy atom. The third-order valence-electron chi connectivity index (χ3n) is 1.94. The summed E-state index contributed by atoms with van der Waals surface area (Å²) in [5.41, 5.74) is 1.74. The lowest BCUT2D eigenvalue weighted by Gasteiger charge is -1.94. The van der Waals surface area contributed by atoms with Gasteiger partial charge in [-0.2, -0.15) is 4.99 Å². The van der Waals surface area contributed by atoms with Gasteiger partial charge in [0.15, 0.2) is 0 Å². The van der Waals surface area contributed by atoms with Gasteiger partial charge in [-0.1, -0.05) is 24.3 Å². The predicted octanol–water partition coefficient (Wildman–Crippen LogP) is 2.28. The molecule has 0 saturated heterocycles. The average Bonchev–Trinajstić information content (AvgIpc) is 2.27. The Labute approximate surface area is 89.5 Å². The quantitative estimate of drug-likeness (QED) is 0.452. The molecule has 1 aromatic rings. The van der Waals surface area contributed by atoms with Gasteiger partial charge in [0.1, 0.15) is 0 Å². The van der Waals surface area contributed by atoms with Crippen LogP contribution >= 0.6 is 0 Å². The fraction of sp³-hybridized carbons (Fsp3) is 0.250. The van der Waals surface area contributed by atoms with Gasteiger partial charge in [-0.3, -0.25) is 0 Å². The van der Waals surface area contributed by atoms with Crippen LogP contribution in [0.5, 0.6) is 0 Å². The van der Waals surface area contributed by atoms with Gasteiger partial charge in [0.2, 0.25) is 6.08 Å². The number of isocyanates is 1. The smallest absolute Gasteiger partial charge is 0.240 e. The van der Waals surface area contributed by atoms with Crippen LogP contribution in [0.15, 0.2) is 35.3 Å². The van der Waals surface area contributed by atoms with Crippen LogP contribution in [0.2, 0.25) is 0 Å². The Bertz CT molecular complexity index is 362. The van der Waals surface area contributed by atoms with Crippen molar-refractivity contribution < 1.29 is 4.79 Å². The SMILES string of the molecule is CNCCC=Cc1ccc(N=C=O)cc1. The molecule has 0 saturated carbocycles. The lowest BCUT2D eigenvalue weighted by atomic mass is 10.2. The van der Waals surface area contributed by atoms with Crippen LogP contribution < -0.4 is 5.32 Å². The molecule has 0 atom stereocenters. The topological polar surface area (TPSA) is 41.5 Å². The molecule has 0 spiro atoms. The van der Waals surface area contributed by atoms with E-state index in [1.54, 1.807) is 12.1 Å². The highest BCUT2D eigenvalue weighted by Gasteiger charge is 1.88. The zero-order chi connectivity index (χ0) is 10.9. The highest BCUT2D eigenvalue weighted by molar-refractivity contribution is 5.55. The molecular weight excluding hydrogens is 188 g/mol. The molecule has 0 fully saturated rings. The van der Waals surface area contributed by atoms with Crippen LogP contribution in [-0.4, -0.2) is 19.7 Å². The summed E-state index contributed by atoms with van der Waals surface area (Å²) < 4.78 is 0. The molecule has 0 radical (unpaired) electrons. The average molecular weight is 202 g/mol. The summed E-state index contributed by atoms with van der Waals surface area (Å²) in [6.07, 6.45) is 6.67. The van der Waals surface area contributed by atoms with Gasteiger partial charge >= 0.3 is 0 Å². The maximum absolute atomic E-state index is 9.99. The Kier molecular flexibility index (Phi) is 5.09. The lowest BCUT2D eigenvalue weighted by molar-refractivity contribution is 0.565. The maximum atomic E-state index is 9.99. The second kappa shape index (κ2) is 6.71. The highest BCUT2D eigenvalue weighted by atomic mass is 16.1. The molecule has 3 heteroatoms. The standard InChI is InChI=1S/C12H14N2O/c1-13-9-3-2-4-11-5-7-12(8-6-11)14-10-15/h2,4-8,13H,3,9H2,1H3. The third-order valence-corrected chi connectivity index (χ3v) is 1.94. The van der Waals surface area contributed by atoms with E-state index >= 15 is 0 Å². The van der Waals surface area contributed by atoms with Crippen molar-refractivity contribution in [2.24, 2.45) is 4.99 Å². The molecule has 15 heavy (non-hydrogen) atoms. The van der Waals surface area contributed by atoms with E-state index < -0.39 is 0 Å². The molecule has 0 amide bonds. The molecule has 0 unspecified atom stereocenters. The zero-order valence-corrected chi connectivity index (χ0v) is 8.73. The normalized spacial score (nSPS) is 10.2. The van der Waals surface area contributed by atoms with Crippen LogP contribution in [0, 0.1) is 0 Å². The van der Waals surface area contributed by atoms with Gasteiger partial charge in [-0.25, -0.2) is 4.79 Å². The summed E-state index contributed by atoms with van der Waals surface area (Å²) in [7, 11) is 1.93. The Morgan fingerprint density at radius 2 is 2.13 bits per heavy atom. The van der Waals surface area contributed by atoms with Crippen LogP contribution in [0.25, 0.3) is 6.08 Å². The molecule has 0 aliphatic carbocycles. The van der Waals surface area contributed by atoms with E-state index in [-0.39, 0.29) is 0 Å². The third kappa shape index (κ3) is 4.36. The molecule has 1 rings (SSSR count). The number of rotatable bonds is 5. The largest absolute Gasteiger partial charge is 0.319 e. The van der Waals surface area contributed by atoms with Gasteiger partial charge in [0, 0.05) is 0 Å². The first-order chi connectivity index (χ1) is 7.36. The predicted molar refractivity (Wildman–Crippen MR) is 61.8 cm³/mol. The minimum atomic E-state index is 0.636. The number of aliphatic imine (C=N–C) groups is 1. The second-order valence-electron chi connectivity index (χ2n) is 3.09. The molecule has 78 valence electrons. The molecular formula is C12H14N2O.